The van der Waals surface area contributed by atoms with Crippen LogP contribution in [-0.4, -0.2) is 20.7 Å². The lowest BCUT2D eigenvalue weighted by atomic mass is 10.1. The molecule has 0 aliphatic carbocycles. The molecule has 4 aromatic rings. The molecule has 4 rings (SSSR count). The molecule has 0 spiro atoms. The molecule has 0 saturated carbocycles. The van der Waals surface area contributed by atoms with Crippen LogP contribution in [0.5, 0.6) is 0 Å². The molecule has 29 heavy (non-hydrogen) atoms. The maximum Gasteiger partial charge on any atom is 0.235 e. The number of aryl methyl sites for hydroxylation is 1. The van der Waals surface area contributed by atoms with E-state index >= 15 is 0 Å². The Morgan fingerprint density at radius 1 is 1.07 bits per heavy atom. The van der Waals surface area contributed by atoms with Crippen LogP contribution in [0, 0.1) is 6.92 Å². The van der Waals surface area contributed by atoms with Crippen molar-refractivity contribution in [1.29, 1.82) is 0 Å². The van der Waals surface area contributed by atoms with Gasteiger partial charge in [-0.2, -0.15) is 0 Å². The van der Waals surface area contributed by atoms with Crippen LogP contribution in [0.3, 0.4) is 0 Å². The molecule has 6 nitrogen and oxygen atoms in total. The van der Waals surface area contributed by atoms with Crippen molar-refractivity contribution in [2.45, 2.75) is 23.9 Å². The van der Waals surface area contributed by atoms with Crippen molar-refractivity contribution in [1.82, 2.24) is 14.8 Å². The van der Waals surface area contributed by atoms with Gasteiger partial charge in [0, 0.05) is 0 Å². The van der Waals surface area contributed by atoms with Crippen LogP contribution in [-0.2, 0) is 11.3 Å². The van der Waals surface area contributed by atoms with Gasteiger partial charge in [0.1, 0.15) is 11.0 Å². The number of carbonyl (C=O) groups excluding carboxylic acids is 1. The van der Waals surface area contributed by atoms with Crippen molar-refractivity contribution in [3.8, 4) is 11.4 Å². The predicted octanol–water partition coefficient (Wildman–Crippen LogP) is 4.21. The Balaban J connectivity index is 1.75. The van der Waals surface area contributed by atoms with Gasteiger partial charge in [-0.25, -0.2) is 0 Å². The Bertz CT molecular complexity index is 1110. The molecular formula is C22H20N4O2S. The first kappa shape index (κ1) is 19.0. The summed E-state index contributed by atoms with van der Waals surface area (Å²) in [5, 5.41) is 8.85. The summed E-state index contributed by atoms with van der Waals surface area (Å²) in [4.78, 5) is 12.2. The van der Waals surface area contributed by atoms with E-state index in [4.69, 9.17) is 10.2 Å². The van der Waals surface area contributed by atoms with Crippen molar-refractivity contribution < 1.29 is 9.21 Å². The fourth-order valence-electron chi connectivity index (χ4n) is 3.12. The van der Waals surface area contributed by atoms with Gasteiger partial charge in [-0.1, -0.05) is 72.4 Å². The average Bonchev–Trinajstić information content (AvgIpc) is 3.33. The summed E-state index contributed by atoms with van der Waals surface area (Å²) in [6, 6.07) is 21.4. The zero-order chi connectivity index (χ0) is 20.2. The monoisotopic (exact) mass is 404 g/mol. The normalized spacial score (nSPS) is 12.0. The Hall–Kier alpha value is -3.32. The Kier molecular flexibility index (Phi) is 5.48. The van der Waals surface area contributed by atoms with E-state index in [2.05, 4.69) is 10.2 Å². The summed E-state index contributed by atoms with van der Waals surface area (Å²) >= 11 is 1.30. The van der Waals surface area contributed by atoms with Crippen LogP contribution in [0.15, 0.2) is 82.6 Å². The van der Waals surface area contributed by atoms with Gasteiger partial charge in [0.05, 0.1) is 18.4 Å². The molecule has 1 amide bonds. The number of amides is 1. The Morgan fingerprint density at radius 3 is 2.38 bits per heavy atom. The first-order valence-electron chi connectivity index (χ1n) is 9.16. The molecule has 1 atom stereocenters. The van der Waals surface area contributed by atoms with Gasteiger partial charge in [0.25, 0.3) is 0 Å². The van der Waals surface area contributed by atoms with Crippen LogP contribution in [0.4, 0.5) is 0 Å². The maximum atomic E-state index is 12.2. The second-order valence-corrected chi connectivity index (χ2v) is 7.65. The van der Waals surface area contributed by atoms with E-state index < -0.39 is 11.2 Å². The summed E-state index contributed by atoms with van der Waals surface area (Å²) < 4.78 is 7.46. The molecule has 2 aromatic carbocycles. The van der Waals surface area contributed by atoms with Gasteiger partial charge in [-0.05, 0) is 24.1 Å². The van der Waals surface area contributed by atoms with Crippen LogP contribution >= 0.6 is 11.8 Å². The molecule has 2 heterocycles. The summed E-state index contributed by atoms with van der Waals surface area (Å²) in [6.45, 7) is 2.45. The van der Waals surface area contributed by atoms with Gasteiger partial charge >= 0.3 is 0 Å². The number of primary amides is 1. The minimum Gasteiger partial charge on any atom is -0.469 e. The Morgan fingerprint density at radius 2 is 1.76 bits per heavy atom. The third-order valence-corrected chi connectivity index (χ3v) is 5.84. The van der Waals surface area contributed by atoms with Crippen LogP contribution in [0.1, 0.15) is 22.1 Å². The van der Waals surface area contributed by atoms with Crippen LogP contribution < -0.4 is 5.73 Å². The molecule has 1 unspecified atom stereocenters. The zero-order valence-electron chi connectivity index (χ0n) is 15.9. The molecule has 0 aliphatic rings. The SMILES string of the molecule is Cc1occc1-c1nnc(SC(C(N)=O)c2ccccc2)n1Cc1ccccc1. The predicted molar refractivity (Wildman–Crippen MR) is 112 cm³/mol. The van der Waals surface area contributed by atoms with E-state index in [9.17, 15) is 4.79 Å². The number of carbonyl (C=O) groups is 1. The second kappa shape index (κ2) is 8.36. The molecule has 0 aliphatic heterocycles. The molecule has 146 valence electrons. The summed E-state index contributed by atoms with van der Waals surface area (Å²) in [5.41, 5.74) is 8.52. The molecular weight excluding hydrogens is 384 g/mol. The fourth-order valence-corrected chi connectivity index (χ4v) is 4.11. The molecule has 0 radical (unpaired) electrons. The average molecular weight is 404 g/mol. The van der Waals surface area contributed by atoms with Gasteiger partial charge in [-0.3, -0.25) is 9.36 Å². The van der Waals surface area contributed by atoms with Gasteiger partial charge < -0.3 is 10.2 Å². The van der Waals surface area contributed by atoms with E-state index in [1.54, 1.807) is 6.26 Å². The minimum absolute atomic E-state index is 0.420. The Labute approximate surface area is 172 Å². The number of hydrogen-bond acceptors (Lipinski definition) is 5. The summed E-state index contributed by atoms with van der Waals surface area (Å²) in [6.07, 6.45) is 1.63. The first-order valence-corrected chi connectivity index (χ1v) is 10.0. The molecule has 0 fully saturated rings. The van der Waals surface area contributed by atoms with E-state index in [1.807, 2.05) is 78.2 Å². The summed E-state index contributed by atoms with van der Waals surface area (Å²) in [7, 11) is 0. The smallest absolute Gasteiger partial charge is 0.235 e. The van der Waals surface area contributed by atoms with Gasteiger partial charge in [-0.15, -0.1) is 10.2 Å². The number of furan rings is 1. The highest BCUT2D eigenvalue weighted by Gasteiger charge is 2.25. The van der Waals surface area contributed by atoms with Crippen molar-refractivity contribution in [3.63, 3.8) is 0 Å². The molecule has 7 heteroatoms. The number of thioether (sulfide) groups is 1. The fraction of sp³-hybridized carbons (Fsp3) is 0.136. The van der Waals surface area contributed by atoms with Crippen molar-refractivity contribution >= 4 is 17.7 Å². The van der Waals surface area contributed by atoms with Gasteiger partial charge in [0.15, 0.2) is 11.0 Å². The van der Waals surface area contributed by atoms with E-state index in [0.29, 0.717) is 17.5 Å². The molecule has 2 aromatic heterocycles. The maximum absolute atomic E-state index is 12.2. The number of nitrogens with two attached hydrogens (primary N) is 1. The number of nitrogens with zero attached hydrogens (tertiary/aromatic N) is 3. The standard InChI is InChI=1S/C22H20N4O2S/c1-15-18(12-13-28-15)21-24-25-22(26(21)14-16-8-4-2-5-9-16)29-19(20(23)27)17-10-6-3-7-11-17/h2-13,19H,14H2,1H3,(H2,23,27). The minimum atomic E-state index is -0.562. The lowest BCUT2D eigenvalue weighted by molar-refractivity contribution is -0.117. The number of benzene rings is 2. The van der Waals surface area contributed by atoms with Gasteiger partial charge in [0.2, 0.25) is 5.91 Å². The van der Waals surface area contributed by atoms with Crippen molar-refractivity contribution in [3.05, 3.63) is 89.9 Å². The van der Waals surface area contributed by atoms with Crippen LogP contribution in [0.2, 0.25) is 0 Å². The second-order valence-electron chi connectivity index (χ2n) is 6.58. The first-order chi connectivity index (χ1) is 14.1. The van der Waals surface area contributed by atoms with E-state index in [0.717, 1.165) is 22.5 Å². The highest BCUT2D eigenvalue weighted by atomic mass is 32.2. The summed E-state index contributed by atoms with van der Waals surface area (Å²) in [5.74, 6) is 1.04. The lowest BCUT2D eigenvalue weighted by Gasteiger charge is -2.15. The van der Waals surface area contributed by atoms with Crippen LogP contribution in [0.25, 0.3) is 11.4 Å². The number of rotatable bonds is 7. The topological polar surface area (TPSA) is 86.9 Å². The molecule has 0 bridgehead atoms. The molecule has 2 N–H and O–H groups in total. The lowest BCUT2D eigenvalue weighted by Crippen LogP contribution is -2.19. The highest BCUT2D eigenvalue weighted by Crippen LogP contribution is 2.36. The van der Waals surface area contributed by atoms with E-state index in [1.165, 1.54) is 11.8 Å². The third-order valence-electron chi connectivity index (χ3n) is 4.58. The van der Waals surface area contributed by atoms with E-state index in [-0.39, 0.29) is 0 Å². The zero-order valence-corrected chi connectivity index (χ0v) is 16.7. The number of hydrogen-bond donors (Lipinski definition) is 1. The molecule has 0 saturated heterocycles. The van der Waals surface area contributed by atoms with Crippen molar-refractivity contribution in [2.75, 3.05) is 0 Å². The highest BCUT2D eigenvalue weighted by molar-refractivity contribution is 8.00. The van der Waals surface area contributed by atoms with Crippen molar-refractivity contribution in [2.24, 2.45) is 5.73 Å². The number of aromatic nitrogens is 3. The quantitative estimate of drug-likeness (QED) is 0.466. The largest absolute Gasteiger partial charge is 0.469 e. The third kappa shape index (κ3) is 4.09.